The molecule has 1 aromatic carbocycles. The van der Waals surface area contributed by atoms with Crippen molar-refractivity contribution in [3.63, 3.8) is 0 Å². The highest BCUT2D eigenvalue weighted by Crippen LogP contribution is 2.27. The fourth-order valence-corrected chi connectivity index (χ4v) is 4.39. The van der Waals surface area contributed by atoms with E-state index in [2.05, 4.69) is 4.90 Å². The standard InChI is InChI=1S/C23H28ClN5O2/c1-14(2)21(30)19-11-18-20(22(31)27(19)3)29(12-15-7-4-5-9-17(15)24)23(26-18)28-10-6-8-16(25)13-28/h4-5,7,9,11,14,16H,6,8,10,12-13,25H2,1-3H3/t16-/m1/s1. The number of carbonyl (C=O) groups is 1. The van der Waals surface area contributed by atoms with Crippen LogP contribution in [0.25, 0.3) is 11.0 Å². The number of rotatable bonds is 5. The van der Waals surface area contributed by atoms with Crippen LogP contribution in [0.3, 0.4) is 0 Å². The van der Waals surface area contributed by atoms with Crippen molar-refractivity contribution in [2.24, 2.45) is 18.7 Å². The van der Waals surface area contributed by atoms with Crippen molar-refractivity contribution in [2.45, 2.75) is 39.3 Å². The minimum Gasteiger partial charge on any atom is -0.341 e. The minimum absolute atomic E-state index is 0.0586. The van der Waals surface area contributed by atoms with Crippen molar-refractivity contribution in [3.05, 3.63) is 57.0 Å². The second-order valence-corrected chi connectivity index (χ2v) is 8.99. The van der Waals surface area contributed by atoms with E-state index in [0.29, 0.717) is 40.8 Å². The van der Waals surface area contributed by atoms with Crippen LogP contribution in [-0.2, 0) is 13.6 Å². The van der Waals surface area contributed by atoms with Gasteiger partial charge in [-0.2, -0.15) is 0 Å². The third-order valence-corrected chi connectivity index (χ3v) is 6.29. The zero-order valence-electron chi connectivity index (χ0n) is 18.1. The number of anilines is 1. The Bertz CT molecular complexity index is 1200. The van der Waals surface area contributed by atoms with E-state index >= 15 is 0 Å². The third-order valence-electron chi connectivity index (χ3n) is 5.92. The van der Waals surface area contributed by atoms with Gasteiger partial charge in [0.25, 0.3) is 5.56 Å². The number of benzene rings is 1. The van der Waals surface area contributed by atoms with E-state index in [1.807, 2.05) is 42.7 Å². The van der Waals surface area contributed by atoms with Gasteiger partial charge in [-0.3, -0.25) is 9.59 Å². The molecule has 4 rings (SSSR count). The fraction of sp³-hybridized carbons (Fsp3) is 0.435. The van der Waals surface area contributed by atoms with Crippen molar-refractivity contribution >= 4 is 34.4 Å². The first-order valence-electron chi connectivity index (χ1n) is 10.7. The molecule has 1 aliphatic rings. The molecule has 0 spiro atoms. The van der Waals surface area contributed by atoms with Gasteiger partial charge in [0, 0.05) is 37.1 Å². The molecule has 8 heteroatoms. The van der Waals surface area contributed by atoms with Gasteiger partial charge in [-0.15, -0.1) is 0 Å². The fourth-order valence-electron chi connectivity index (χ4n) is 4.19. The first-order chi connectivity index (χ1) is 14.8. The molecule has 1 fully saturated rings. The number of piperidine rings is 1. The Balaban J connectivity index is 1.94. The van der Waals surface area contributed by atoms with Crippen LogP contribution in [0.15, 0.2) is 35.1 Å². The summed E-state index contributed by atoms with van der Waals surface area (Å²) in [6.45, 7) is 5.55. The largest absolute Gasteiger partial charge is 0.341 e. The summed E-state index contributed by atoms with van der Waals surface area (Å²) in [6, 6.07) is 9.38. The molecule has 3 heterocycles. The number of imidazole rings is 1. The van der Waals surface area contributed by atoms with Gasteiger partial charge in [-0.1, -0.05) is 43.6 Å². The van der Waals surface area contributed by atoms with Gasteiger partial charge in [0.05, 0.1) is 17.8 Å². The van der Waals surface area contributed by atoms with Crippen LogP contribution >= 0.6 is 11.6 Å². The number of halogens is 1. The molecular weight excluding hydrogens is 414 g/mol. The summed E-state index contributed by atoms with van der Waals surface area (Å²) in [6.07, 6.45) is 1.93. The summed E-state index contributed by atoms with van der Waals surface area (Å²) in [5.74, 6) is 0.396. The lowest BCUT2D eigenvalue weighted by Gasteiger charge is -2.32. The van der Waals surface area contributed by atoms with Crippen LogP contribution in [0, 0.1) is 5.92 Å². The number of nitrogens with two attached hydrogens (primary N) is 1. The highest BCUT2D eigenvalue weighted by atomic mass is 35.5. The van der Waals surface area contributed by atoms with E-state index in [1.165, 1.54) is 4.57 Å². The van der Waals surface area contributed by atoms with Crippen LogP contribution in [0.5, 0.6) is 0 Å². The van der Waals surface area contributed by atoms with Crippen molar-refractivity contribution in [3.8, 4) is 0 Å². The van der Waals surface area contributed by atoms with E-state index in [1.54, 1.807) is 13.1 Å². The quantitative estimate of drug-likeness (QED) is 0.614. The Labute approximate surface area is 186 Å². The number of hydrogen-bond acceptors (Lipinski definition) is 5. The van der Waals surface area contributed by atoms with Crippen LogP contribution in [-0.4, -0.2) is 39.0 Å². The van der Waals surface area contributed by atoms with E-state index in [9.17, 15) is 9.59 Å². The average Bonchev–Trinajstić information content (AvgIpc) is 3.10. The van der Waals surface area contributed by atoms with Gasteiger partial charge in [-0.25, -0.2) is 4.98 Å². The Morgan fingerprint density at radius 2 is 2.06 bits per heavy atom. The lowest BCUT2D eigenvalue weighted by Crippen LogP contribution is -2.44. The maximum atomic E-state index is 13.4. The number of carbonyl (C=O) groups excluding carboxylic acids is 1. The third kappa shape index (κ3) is 4.00. The van der Waals surface area contributed by atoms with Crippen LogP contribution < -0.4 is 16.2 Å². The predicted octanol–water partition coefficient (Wildman–Crippen LogP) is 3.20. The number of pyridine rings is 1. The van der Waals surface area contributed by atoms with E-state index in [0.717, 1.165) is 24.9 Å². The molecule has 31 heavy (non-hydrogen) atoms. The summed E-state index contributed by atoms with van der Waals surface area (Å²) in [5.41, 5.74) is 8.24. The van der Waals surface area contributed by atoms with Crippen LogP contribution in [0.1, 0.15) is 42.7 Å². The second-order valence-electron chi connectivity index (χ2n) is 8.58. The maximum absolute atomic E-state index is 13.4. The normalized spacial score (nSPS) is 17.0. The van der Waals surface area contributed by atoms with Crippen molar-refractivity contribution in [1.82, 2.24) is 14.1 Å². The number of nitrogens with zero attached hydrogens (tertiary/aromatic N) is 4. The van der Waals surface area contributed by atoms with Crippen molar-refractivity contribution in [1.29, 1.82) is 0 Å². The van der Waals surface area contributed by atoms with E-state index in [4.69, 9.17) is 22.3 Å². The Kier molecular flexibility index (Phi) is 5.90. The number of fused-ring (bicyclic) bond motifs is 1. The number of ketones is 1. The molecule has 1 aliphatic heterocycles. The minimum atomic E-state index is -0.242. The van der Waals surface area contributed by atoms with Gasteiger partial charge in [-0.05, 0) is 30.5 Å². The van der Waals surface area contributed by atoms with Gasteiger partial charge in [0.2, 0.25) is 5.95 Å². The number of Topliss-reactive ketones (excluding diaryl/α,β-unsaturated/α-hetero) is 1. The zero-order valence-corrected chi connectivity index (χ0v) is 18.9. The molecule has 0 amide bonds. The van der Waals surface area contributed by atoms with E-state index in [-0.39, 0.29) is 23.3 Å². The molecule has 1 saturated heterocycles. The smallest absolute Gasteiger partial charge is 0.277 e. The molecule has 2 N–H and O–H groups in total. The topological polar surface area (TPSA) is 86.2 Å². The predicted molar refractivity (Wildman–Crippen MR) is 124 cm³/mol. The Morgan fingerprint density at radius 1 is 1.32 bits per heavy atom. The first kappa shape index (κ1) is 21.6. The molecule has 7 nitrogen and oxygen atoms in total. The molecule has 0 bridgehead atoms. The molecule has 0 aliphatic carbocycles. The SMILES string of the molecule is CC(C)C(=O)c1cc2nc(N3CCC[C@@H](N)C3)n(Cc3ccccc3Cl)c2c(=O)n1C. The molecule has 1 atom stereocenters. The molecule has 0 saturated carbocycles. The number of hydrogen-bond donors (Lipinski definition) is 1. The first-order valence-corrected chi connectivity index (χ1v) is 11.0. The lowest BCUT2D eigenvalue weighted by atomic mass is 10.1. The summed E-state index contributed by atoms with van der Waals surface area (Å²) in [7, 11) is 1.64. The summed E-state index contributed by atoms with van der Waals surface area (Å²) < 4.78 is 3.35. The Morgan fingerprint density at radius 3 is 2.74 bits per heavy atom. The van der Waals surface area contributed by atoms with Gasteiger partial charge in [0.15, 0.2) is 5.78 Å². The van der Waals surface area contributed by atoms with Crippen LogP contribution in [0.4, 0.5) is 5.95 Å². The van der Waals surface area contributed by atoms with Gasteiger partial charge in [0.1, 0.15) is 5.52 Å². The molecule has 0 radical (unpaired) electrons. The highest BCUT2D eigenvalue weighted by molar-refractivity contribution is 6.31. The molecule has 2 aromatic heterocycles. The van der Waals surface area contributed by atoms with Crippen LogP contribution in [0.2, 0.25) is 5.02 Å². The lowest BCUT2D eigenvalue weighted by molar-refractivity contribution is 0.0930. The summed E-state index contributed by atoms with van der Waals surface area (Å²) >= 11 is 6.43. The second kappa shape index (κ2) is 8.48. The molecule has 3 aromatic rings. The monoisotopic (exact) mass is 441 g/mol. The molecular formula is C23H28ClN5O2. The Hall–Kier alpha value is -2.64. The summed E-state index contributed by atoms with van der Waals surface area (Å²) in [5, 5.41) is 0.633. The zero-order chi connectivity index (χ0) is 22.3. The van der Waals surface area contributed by atoms with Gasteiger partial charge >= 0.3 is 0 Å². The van der Waals surface area contributed by atoms with Crippen molar-refractivity contribution < 1.29 is 4.79 Å². The maximum Gasteiger partial charge on any atom is 0.277 e. The molecule has 164 valence electrons. The summed E-state index contributed by atoms with van der Waals surface area (Å²) in [4.78, 5) is 33.1. The highest BCUT2D eigenvalue weighted by Gasteiger charge is 2.26. The molecule has 0 unspecified atom stereocenters. The van der Waals surface area contributed by atoms with Gasteiger partial charge < -0.3 is 19.8 Å². The number of aromatic nitrogens is 3. The average molecular weight is 442 g/mol. The van der Waals surface area contributed by atoms with Crippen molar-refractivity contribution in [2.75, 3.05) is 18.0 Å². The van der Waals surface area contributed by atoms with E-state index < -0.39 is 0 Å².